The van der Waals surface area contributed by atoms with Gasteiger partial charge in [-0.05, 0) is 49.9 Å². The summed E-state index contributed by atoms with van der Waals surface area (Å²) in [6, 6.07) is 2.52. The van der Waals surface area contributed by atoms with E-state index < -0.39 is 17.7 Å². The molecule has 2 aromatic rings. The van der Waals surface area contributed by atoms with Crippen LogP contribution in [0.15, 0.2) is 24.5 Å². The maximum Gasteiger partial charge on any atom is 0.225 e. The molecule has 33 heavy (non-hydrogen) atoms. The SMILES string of the molecule is CNCc1cc(F)c(C2CC3C(CN2)NNC3c2cnc(N3CCC(O)CC3)nc2)c(F)c1. The highest BCUT2D eigenvalue weighted by Gasteiger charge is 2.42. The maximum absolute atomic E-state index is 14.8. The fourth-order valence-electron chi connectivity index (χ4n) is 5.32. The molecule has 0 aliphatic carbocycles. The van der Waals surface area contributed by atoms with E-state index in [2.05, 4.69) is 36.4 Å². The Kier molecular flexibility index (Phi) is 6.53. The largest absolute Gasteiger partial charge is 0.393 e. The third kappa shape index (κ3) is 4.58. The number of halogens is 2. The molecule has 3 fully saturated rings. The molecule has 5 N–H and O–H groups in total. The molecule has 0 spiro atoms. The zero-order chi connectivity index (χ0) is 22.9. The molecule has 3 aliphatic heterocycles. The molecule has 4 atom stereocenters. The van der Waals surface area contributed by atoms with Crippen LogP contribution >= 0.6 is 0 Å². The summed E-state index contributed by atoms with van der Waals surface area (Å²) >= 11 is 0. The van der Waals surface area contributed by atoms with Gasteiger partial charge in [0.2, 0.25) is 5.95 Å². The van der Waals surface area contributed by atoms with Gasteiger partial charge in [0.05, 0.1) is 12.1 Å². The van der Waals surface area contributed by atoms with Crippen molar-refractivity contribution in [2.45, 2.75) is 50.0 Å². The quantitative estimate of drug-likeness (QED) is 0.457. The van der Waals surface area contributed by atoms with E-state index in [1.807, 2.05) is 12.4 Å². The lowest BCUT2D eigenvalue weighted by molar-refractivity contribution is 0.145. The van der Waals surface area contributed by atoms with Gasteiger partial charge in [0, 0.05) is 61.8 Å². The van der Waals surface area contributed by atoms with Gasteiger partial charge in [-0.1, -0.05) is 0 Å². The van der Waals surface area contributed by atoms with E-state index in [0.29, 0.717) is 31.0 Å². The van der Waals surface area contributed by atoms with Crippen LogP contribution in [0.2, 0.25) is 0 Å². The highest BCUT2D eigenvalue weighted by atomic mass is 19.1. The summed E-state index contributed by atoms with van der Waals surface area (Å²) in [4.78, 5) is 11.2. The van der Waals surface area contributed by atoms with Gasteiger partial charge in [0.1, 0.15) is 11.6 Å². The number of aliphatic hydroxyl groups is 1. The lowest BCUT2D eigenvalue weighted by Crippen LogP contribution is -2.46. The number of benzene rings is 1. The predicted octanol–water partition coefficient (Wildman–Crippen LogP) is 1.30. The third-order valence-electron chi connectivity index (χ3n) is 7.09. The predicted molar refractivity (Wildman–Crippen MR) is 120 cm³/mol. The summed E-state index contributed by atoms with van der Waals surface area (Å²) in [6.45, 7) is 2.50. The van der Waals surface area contributed by atoms with E-state index in [1.54, 1.807) is 7.05 Å². The average Bonchev–Trinajstić information content (AvgIpc) is 3.23. The summed E-state index contributed by atoms with van der Waals surface area (Å²) in [6.07, 6.45) is 5.45. The number of fused-ring (bicyclic) bond motifs is 1. The number of nitrogens with zero attached hydrogens (tertiary/aromatic N) is 3. The maximum atomic E-state index is 14.8. The van der Waals surface area contributed by atoms with E-state index >= 15 is 0 Å². The summed E-state index contributed by atoms with van der Waals surface area (Å²) in [7, 11) is 1.75. The van der Waals surface area contributed by atoms with Crippen molar-refractivity contribution in [3.8, 4) is 0 Å². The molecule has 4 unspecified atom stereocenters. The molecular formula is C23H31F2N7O. The zero-order valence-corrected chi connectivity index (χ0v) is 18.7. The van der Waals surface area contributed by atoms with Crippen molar-refractivity contribution in [1.82, 2.24) is 31.5 Å². The van der Waals surface area contributed by atoms with Gasteiger partial charge in [-0.15, -0.1) is 0 Å². The fraction of sp³-hybridized carbons (Fsp3) is 0.565. The second-order valence-corrected chi connectivity index (χ2v) is 9.27. The van der Waals surface area contributed by atoms with Gasteiger partial charge in [0.15, 0.2) is 0 Å². The topological polar surface area (TPSA) is 97.4 Å². The Morgan fingerprint density at radius 3 is 2.48 bits per heavy atom. The van der Waals surface area contributed by atoms with Crippen LogP contribution in [0.5, 0.6) is 0 Å². The zero-order valence-electron chi connectivity index (χ0n) is 18.7. The van der Waals surface area contributed by atoms with Crippen molar-refractivity contribution in [3.63, 3.8) is 0 Å². The number of piperidine rings is 2. The summed E-state index contributed by atoms with van der Waals surface area (Å²) in [5.41, 5.74) is 8.29. The first-order chi connectivity index (χ1) is 16.0. The van der Waals surface area contributed by atoms with Crippen molar-refractivity contribution in [3.05, 3.63) is 52.9 Å². The van der Waals surface area contributed by atoms with Gasteiger partial charge in [0.25, 0.3) is 0 Å². The Labute approximate surface area is 192 Å². The molecule has 1 aromatic carbocycles. The van der Waals surface area contributed by atoms with Crippen molar-refractivity contribution < 1.29 is 13.9 Å². The van der Waals surface area contributed by atoms with E-state index in [4.69, 9.17) is 0 Å². The summed E-state index contributed by atoms with van der Waals surface area (Å²) in [5.74, 6) is -0.217. The highest BCUT2D eigenvalue weighted by Crippen LogP contribution is 2.39. The van der Waals surface area contributed by atoms with Crippen LogP contribution in [-0.2, 0) is 6.54 Å². The molecule has 3 aliphatic rings. The minimum atomic E-state index is -0.508. The van der Waals surface area contributed by atoms with E-state index in [9.17, 15) is 13.9 Å². The number of hydrogen-bond acceptors (Lipinski definition) is 8. The van der Waals surface area contributed by atoms with E-state index in [-0.39, 0.29) is 29.7 Å². The van der Waals surface area contributed by atoms with Gasteiger partial charge in [-0.3, -0.25) is 5.43 Å². The lowest BCUT2D eigenvalue weighted by atomic mass is 9.80. The van der Waals surface area contributed by atoms with Crippen LogP contribution in [0.4, 0.5) is 14.7 Å². The fourth-order valence-corrected chi connectivity index (χ4v) is 5.32. The van der Waals surface area contributed by atoms with Crippen molar-refractivity contribution in [2.24, 2.45) is 5.92 Å². The lowest BCUT2D eigenvalue weighted by Gasteiger charge is -2.35. The minimum Gasteiger partial charge on any atom is -0.393 e. The van der Waals surface area contributed by atoms with Crippen molar-refractivity contribution >= 4 is 5.95 Å². The van der Waals surface area contributed by atoms with Crippen LogP contribution in [0.25, 0.3) is 0 Å². The van der Waals surface area contributed by atoms with Gasteiger partial charge >= 0.3 is 0 Å². The molecule has 8 nitrogen and oxygen atoms in total. The Hall–Kier alpha value is -2.24. The van der Waals surface area contributed by atoms with E-state index in [1.165, 1.54) is 12.1 Å². The molecular weight excluding hydrogens is 428 g/mol. The second-order valence-electron chi connectivity index (χ2n) is 9.27. The first-order valence-electron chi connectivity index (χ1n) is 11.6. The number of aliphatic hydroxyl groups excluding tert-OH is 1. The Morgan fingerprint density at radius 2 is 1.82 bits per heavy atom. The molecule has 4 heterocycles. The summed E-state index contributed by atoms with van der Waals surface area (Å²) < 4.78 is 29.7. The molecule has 5 rings (SSSR count). The standard InChI is InChI=1S/C23H31F2N7O/c1-26-9-13-6-17(24)21(18(25)7-13)19-8-16-20(12-27-19)30-31-22(16)14-10-28-23(29-11-14)32-4-2-15(33)3-5-32/h6-7,10-11,15-16,19-20,22,26-27,30-31,33H,2-5,8-9,12H2,1H3. The second kappa shape index (κ2) is 9.55. The van der Waals surface area contributed by atoms with Crippen molar-refractivity contribution in [1.29, 1.82) is 0 Å². The first kappa shape index (κ1) is 22.5. The van der Waals surface area contributed by atoms with Gasteiger partial charge in [-0.25, -0.2) is 24.2 Å². The number of hydrogen-bond donors (Lipinski definition) is 5. The highest BCUT2D eigenvalue weighted by molar-refractivity contribution is 5.33. The smallest absolute Gasteiger partial charge is 0.225 e. The normalized spacial score (nSPS) is 28.2. The molecule has 3 saturated heterocycles. The van der Waals surface area contributed by atoms with Gasteiger partial charge < -0.3 is 20.6 Å². The number of nitrogens with one attached hydrogen (secondary N) is 4. The van der Waals surface area contributed by atoms with Crippen LogP contribution in [0, 0.1) is 17.6 Å². The average molecular weight is 460 g/mol. The third-order valence-corrected chi connectivity index (χ3v) is 7.09. The van der Waals surface area contributed by atoms with E-state index in [0.717, 1.165) is 31.5 Å². The van der Waals surface area contributed by atoms with Crippen molar-refractivity contribution in [2.75, 3.05) is 31.6 Å². The Morgan fingerprint density at radius 1 is 1.12 bits per heavy atom. The van der Waals surface area contributed by atoms with Crippen LogP contribution in [0.1, 0.15) is 48.0 Å². The number of rotatable bonds is 5. The Balaban J connectivity index is 1.31. The molecule has 0 bridgehead atoms. The molecule has 1 aromatic heterocycles. The Bertz CT molecular complexity index is 945. The minimum absolute atomic E-state index is 0.0495. The number of hydrazine groups is 1. The molecule has 10 heteroatoms. The number of aromatic nitrogens is 2. The van der Waals surface area contributed by atoms with Crippen LogP contribution < -0.4 is 26.4 Å². The molecule has 0 saturated carbocycles. The first-order valence-corrected chi connectivity index (χ1v) is 11.6. The number of anilines is 1. The van der Waals surface area contributed by atoms with Crippen LogP contribution in [0.3, 0.4) is 0 Å². The van der Waals surface area contributed by atoms with Gasteiger partial charge in [-0.2, -0.15) is 0 Å². The van der Waals surface area contributed by atoms with Crippen LogP contribution in [-0.4, -0.2) is 53.9 Å². The summed E-state index contributed by atoms with van der Waals surface area (Å²) in [5, 5.41) is 15.9. The monoisotopic (exact) mass is 459 g/mol. The molecule has 178 valence electrons. The molecule has 0 amide bonds. The molecule has 0 radical (unpaired) electrons.